The number of guanidine groups is 1. The highest BCUT2D eigenvalue weighted by Gasteiger charge is 2.44. The minimum absolute atomic E-state index is 0.0229. The molecule has 6 rings (SSSR count). The number of primary amides is 1. The highest BCUT2D eigenvalue weighted by Crippen LogP contribution is 2.30. The maximum absolute atomic E-state index is 15.1. The van der Waals surface area contributed by atoms with E-state index in [-0.39, 0.29) is 82.4 Å². The summed E-state index contributed by atoms with van der Waals surface area (Å²) in [5.41, 5.74) is 19.6. The first kappa shape index (κ1) is 78.7. The number of aliphatic hydroxyl groups excluding tert-OH is 3. The van der Waals surface area contributed by atoms with E-state index in [0.29, 0.717) is 34.6 Å². The van der Waals surface area contributed by atoms with Crippen LogP contribution in [0.5, 0.6) is 0 Å². The molecule has 0 bridgehead atoms. The van der Waals surface area contributed by atoms with Gasteiger partial charge in [0, 0.05) is 87.7 Å². The number of aliphatic imine (C=N–C) groups is 1. The number of H-pyrrole nitrogens is 2. The number of benzene rings is 2. The lowest BCUT2D eigenvalue weighted by molar-refractivity contribution is -0.152. The number of amides is 11. The van der Waals surface area contributed by atoms with Crippen molar-refractivity contribution >= 4 is 87.8 Å². The van der Waals surface area contributed by atoms with Gasteiger partial charge in [-0.15, -0.1) is 0 Å². The molecule has 2 aromatic carbocycles. The molecule has 1 unspecified atom stereocenters. The summed E-state index contributed by atoms with van der Waals surface area (Å²) in [5.74, 6) is -12.6. The van der Waals surface area contributed by atoms with E-state index in [2.05, 4.69) is 73.3 Å². The van der Waals surface area contributed by atoms with Gasteiger partial charge in [0.15, 0.2) is 5.96 Å². The monoisotopic (exact) mass is 1410 g/mol. The topological polar surface area (TPSA) is 533 Å². The van der Waals surface area contributed by atoms with Crippen LogP contribution in [0.3, 0.4) is 0 Å². The SMILES string of the molecule is CCCC[C@H](NC(=O)[C@H](CO)NC(=O)[C@H](Cc1cnc[nH]1)NC(=O)[C@H](CO)NC(C)=O)C(=O)N[C@H]1CCC(=O)ONCCCC[C@@H](C(N)=O)NC(=O)[C@H](Cc2c[nH]c3ccccc23)NC(=O)[C@H](CCCN=C(N)N)NC(=O)[C@@H](Cc2cccc(C(F)(F)F)c2)NC(=O)[C@@H]2CC(O)CN2C1=O. The molecule has 11 amide bonds. The van der Waals surface area contributed by atoms with E-state index in [1.54, 1.807) is 37.4 Å². The van der Waals surface area contributed by atoms with Crippen LogP contribution in [0.4, 0.5) is 13.2 Å². The molecular formula is C63H87F3N18O16. The quantitative estimate of drug-likeness (QED) is 0.0171. The van der Waals surface area contributed by atoms with E-state index in [4.69, 9.17) is 22.0 Å². The molecule has 546 valence electrons. The summed E-state index contributed by atoms with van der Waals surface area (Å²) in [6, 6.07) is -5.62. The number of unbranched alkanes of at least 4 members (excludes halogenated alkanes) is 1. The van der Waals surface area contributed by atoms with Gasteiger partial charge in [-0.3, -0.25) is 62.5 Å². The van der Waals surface area contributed by atoms with Crippen LogP contribution in [0.2, 0.25) is 0 Å². The van der Waals surface area contributed by atoms with Gasteiger partial charge >= 0.3 is 12.1 Å². The molecule has 34 nitrogen and oxygen atoms in total. The van der Waals surface area contributed by atoms with E-state index < -0.39 is 195 Å². The molecule has 0 radical (unpaired) electrons. The van der Waals surface area contributed by atoms with Crippen LogP contribution in [0.1, 0.15) is 107 Å². The largest absolute Gasteiger partial charge is 0.416 e. The van der Waals surface area contributed by atoms with Gasteiger partial charge < -0.3 is 100 Å². The number of rotatable bonds is 25. The van der Waals surface area contributed by atoms with Gasteiger partial charge in [-0.05, 0) is 68.2 Å². The number of nitrogens with zero attached hydrogens (tertiary/aromatic N) is 3. The Balaban J connectivity index is 1.34. The molecule has 2 aliphatic rings. The summed E-state index contributed by atoms with van der Waals surface area (Å²) in [5, 5.41) is 54.4. The Kier molecular flexibility index (Phi) is 30.1. The third kappa shape index (κ3) is 24.0. The predicted octanol–water partition coefficient (Wildman–Crippen LogP) is -3.99. The van der Waals surface area contributed by atoms with Gasteiger partial charge in [0.05, 0.1) is 31.2 Å². The Labute approximate surface area is 571 Å². The zero-order chi connectivity index (χ0) is 73.2. The fraction of sp³-hybridized carbons (Fsp3) is 0.524. The number of fused-ring (bicyclic) bond motifs is 2. The first-order chi connectivity index (χ1) is 47.6. The first-order valence-corrected chi connectivity index (χ1v) is 32.4. The van der Waals surface area contributed by atoms with E-state index in [1.165, 1.54) is 18.6 Å². The van der Waals surface area contributed by atoms with Crippen molar-refractivity contribution in [3.8, 4) is 0 Å². The molecule has 21 N–H and O–H groups in total. The summed E-state index contributed by atoms with van der Waals surface area (Å²) in [7, 11) is 0. The number of hydrogen-bond donors (Lipinski definition) is 18. The lowest BCUT2D eigenvalue weighted by Gasteiger charge is -2.31. The van der Waals surface area contributed by atoms with Crippen LogP contribution in [-0.4, -0.2) is 211 Å². The number of aromatic nitrogens is 3. The van der Waals surface area contributed by atoms with Crippen LogP contribution in [0.15, 0.2) is 72.2 Å². The zero-order valence-corrected chi connectivity index (χ0v) is 55.0. The molecule has 4 heterocycles. The molecular weight excluding hydrogens is 1320 g/mol. The van der Waals surface area contributed by atoms with Gasteiger partial charge in [-0.1, -0.05) is 56.2 Å². The molecule has 11 atom stereocenters. The van der Waals surface area contributed by atoms with Gasteiger partial charge in [-0.25, -0.2) is 4.98 Å². The summed E-state index contributed by atoms with van der Waals surface area (Å²) in [4.78, 5) is 188. The number of aromatic amines is 2. The Morgan fingerprint density at radius 3 is 2.08 bits per heavy atom. The zero-order valence-electron chi connectivity index (χ0n) is 55.0. The highest BCUT2D eigenvalue weighted by molar-refractivity contribution is 6.00. The van der Waals surface area contributed by atoms with Crippen molar-refractivity contribution in [3.05, 3.63) is 89.6 Å². The number of aliphatic hydroxyl groups is 3. The maximum Gasteiger partial charge on any atom is 0.416 e. The molecule has 0 spiro atoms. The summed E-state index contributed by atoms with van der Waals surface area (Å²) < 4.78 is 42.7. The smallest absolute Gasteiger partial charge is 0.394 e. The van der Waals surface area contributed by atoms with Gasteiger partial charge in [-0.2, -0.15) is 18.7 Å². The number of nitrogens with two attached hydrogens (primary N) is 3. The van der Waals surface area contributed by atoms with E-state index >= 15 is 4.79 Å². The van der Waals surface area contributed by atoms with Crippen LogP contribution < -0.4 is 70.5 Å². The van der Waals surface area contributed by atoms with E-state index in [0.717, 1.165) is 24.0 Å². The van der Waals surface area contributed by atoms with Crippen molar-refractivity contribution in [3.63, 3.8) is 0 Å². The lowest BCUT2D eigenvalue weighted by Crippen LogP contribution is -2.61. The molecule has 2 fully saturated rings. The van der Waals surface area contributed by atoms with Crippen molar-refractivity contribution in [1.82, 2.24) is 73.2 Å². The second-order valence-electron chi connectivity index (χ2n) is 24.1. The highest BCUT2D eigenvalue weighted by atomic mass is 19.4. The molecule has 0 aliphatic carbocycles. The van der Waals surface area contributed by atoms with E-state index in [1.807, 2.05) is 0 Å². The number of imidazole rings is 1. The molecule has 4 aromatic rings. The van der Waals surface area contributed by atoms with Crippen molar-refractivity contribution in [1.29, 1.82) is 0 Å². The minimum Gasteiger partial charge on any atom is -0.394 e. The average molecular weight is 1410 g/mol. The van der Waals surface area contributed by atoms with Crippen LogP contribution in [0.25, 0.3) is 10.9 Å². The van der Waals surface area contributed by atoms with Crippen molar-refractivity contribution in [2.75, 3.05) is 32.8 Å². The molecule has 2 aromatic heterocycles. The fourth-order valence-corrected chi connectivity index (χ4v) is 11.2. The van der Waals surface area contributed by atoms with Crippen molar-refractivity contribution in [2.45, 2.75) is 176 Å². The Morgan fingerprint density at radius 2 is 1.41 bits per heavy atom. The fourth-order valence-electron chi connectivity index (χ4n) is 11.2. The summed E-state index contributed by atoms with van der Waals surface area (Å²) >= 11 is 0. The van der Waals surface area contributed by atoms with Gasteiger partial charge in [0.1, 0.15) is 60.4 Å². The average Bonchev–Trinajstić information content (AvgIpc) is 1.60. The third-order valence-electron chi connectivity index (χ3n) is 16.4. The first-order valence-electron chi connectivity index (χ1n) is 32.4. The van der Waals surface area contributed by atoms with Crippen LogP contribution in [-0.2, 0) is 87.8 Å². The van der Waals surface area contributed by atoms with Crippen molar-refractivity contribution < 1.29 is 90.9 Å². The molecule has 2 aliphatic heterocycles. The number of hydrogen-bond acceptors (Lipinski definition) is 19. The number of carbonyl (C=O) groups excluding carboxylic acids is 12. The predicted molar refractivity (Wildman–Crippen MR) is 349 cm³/mol. The molecule has 100 heavy (non-hydrogen) atoms. The Hall–Kier alpha value is -10.3. The van der Waals surface area contributed by atoms with Gasteiger partial charge in [0.25, 0.3) is 0 Å². The van der Waals surface area contributed by atoms with E-state index in [9.17, 15) is 81.2 Å². The number of carbonyl (C=O) groups is 12. The van der Waals surface area contributed by atoms with Crippen LogP contribution >= 0.6 is 0 Å². The minimum atomic E-state index is -4.89. The van der Waals surface area contributed by atoms with Crippen LogP contribution in [0, 0.1) is 0 Å². The molecule has 0 saturated carbocycles. The second-order valence-corrected chi connectivity index (χ2v) is 24.1. The summed E-state index contributed by atoms with van der Waals surface area (Å²) in [6.45, 7) is 0.0880. The lowest BCUT2D eigenvalue weighted by atomic mass is 10.0. The maximum atomic E-state index is 15.1. The Bertz CT molecular complexity index is 3540. The number of halogens is 3. The molecule has 2 saturated heterocycles. The number of hydroxylamine groups is 1. The standard InChI is InChI=1S/C63H87F3N18O16/c1-3-4-14-42(78-59(97)49(31-86)83-57(95)47(25-37-28-70-32-73-37)81-58(96)48(30-85)75-33(2)87)53(91)79-44-18-19-51(89)100-74-21-8-7-16-41(52(67)90)76-56(94)46(24-35-27-72-40-15-6-5-13-39(35)40)80-54(92)43(17-10-20-71-62(68)69)77-55(93)45(23-34-11-9-12-36(22-34)63(64,65)66)82-60(98)50-26-38(88)29-84(50)61(44)99/h5-6,9,11-13,15,22,27-28,32,38,41-50,72,74,85-86,88H,3-4,7-8,10,14,16-21,23-26,29-31H2,1-2H3,(H2,67,90)(H,70,73)(H,75,87)(H,76,94)(H,77,93)(H,78,97)(H,79,91)(H,80,92)(H,81,96)(H,82,98)(H,83,95)(H4,68,69,71)/t38?,41-,42-,43-,44-,45+,46-,47-,48-,49-,50-/m0/s1. The number of nitrogens with one attached hydrogen (secondary N) is 12. The van der Waals surface area contributed by atoms with Crippen molar-refractivity contribution in [2.24, 2.45) is 22.2 Å². The van der Waals surface area contributed by atoms with Gasteiger partial charge in [0.2, 0.25) is 65.0 Å². The second kappa shape index (κ2) is 38.2. The third-order valence-corrected chi connectivity index (χ3v) is 16.4. The Morgan fingerprint density at radius 1 is 0.760 bits per heavy atom. The number of para-hydroxylation sites is 1. The molecule has 37 heteroatoms. The summed E-state index contributed by atoms with van der Waals surface area (Å²) in [6.07, 6.45) is -4.71. The number of alkyl halides is 3. The normalized spacial score (nSPS) is 21.5.